The maximum absolute atomic E-state index is 10.5. The molecule has 0 aliphatic carbocycles. The predicted octanol–water partition coefficient (Wildman–Crippen LogP) is 5.50. The van der Waals surface area contributed by atoms with Crippen LogP contribution in [0, 0.1) is 4.77 Å². The lowest BCUT2D eigenvalue weighted by molar-refractivity contribution is 0.444. The van der Waals surface area contributed by atoms with Crippen LogP contribution in [0.2, 0.25) is 0 Å². The summed E-state index contributed by atoms with van der Waals surface area (Å²) < 4.78 is 4.48. The van der Waals surface area contributed by atoms with Crippen LogP contribution in [-0.4, -0.2) is 29.5 Å². The Hall–Kier alpha value is -3.06. The maximum Gasteiger partial charge on any atom is 0.200 e. The van der Waals surface area contributed by atoms with Gasteiger partial charge in [0.15, 0.2) is 10.6 Å². The van der Waals surface area contributed by atoms with Crippen molar-refractivity contribution in [2.45, 2.75) is 39.7 Å². The fourth-order valence-corrected chi connectivity index (χ4v) is 3.95. The zero-order valence-corrected chi connectivity index (χ0v) is 17.5. The van der Waals surface area contributed by atoms with Crippen LogP contribution in [0.3, 0.4) is 0 Å². The molecule has 0 saturated heterocycles. The number of aryl methyl sites for hydroxylation is 1. The monoisotopic (exact) mass is 408 g/mol. The first kappa shape index (κ1) is 19.3. The zero-order chi connectivity index (χ0) is 20.7. The molecule has 2 aromatic heterocycles. The van der Waals surface area contributed by atoms with Gasteiger partial charge >= 0.3 is 0 Å². The van der Waals surface area contributed by atoms with Crippen molar-refractivity contribution >= 4 is 23.1 Å². The number of phenols is 2. The third-order valence-electron chi connectivity index (χ3n) is 5.16. The van der Waals surface area contributed by atoms with Crippen LogP contribution in [0.1, 0.15) is 38.7 Å². The first-order valence-corrected chi connectivity index (χ1v) is 10.1. The molecule has 0 spiro atoms. The van der Waals surface area contributed by atoms with Crippen molar-refractivity contribution in [3.63, 3.8) is 0 Å². The van der Waals surface area contributed by atoms with E-state index in [2.05, 4.69) is 46.1 Å². The van der Waals surface area contributed by atoms with Crippen LogP contribution < -0.4 is 0 Å². The van der Waals surface area contributed by atoms with Gasteiger partial charge < -0.3 is 14.8 Å². The fourth-order valence-electron chi connectivity index (χ4n) is 3.72. The Morgan fingerprint density at radius 1 is 1.10 bits per heavy atom. The smallest absolute Gasteiger partial charge is 0.200 e. The van der Waals surface area contributed by atoms with E-state index in [0.29, 0.717) is 16.2 Å². The summed E-state index contributed by atoms with van der Waals surface area (Å²) in [6.07, 6.45) is 3.16. The molecule has 0 saturated carbocycles. The molecule has 0 aliphatic rings. The third kappa shape index (κ3) is 3.31. The van der Waals surface area contributed by atoms with Crippen LogP contribution in [0.5, 0.6) is 11.5 Å². The molecule has 4 aromatic rings. The molecule has 150 valence electrons. The molecule has 0 radical (unpaired) electrons. The highest BCUT2D eigenvalue weighted by Gasteiger charge is 2.19. The van der Waals surface area contributed by atoms with Crippen molar-refractivity contribution in [3.8, 4) is 28.6 Å². The number of nitrogens with one attached hydrogen (secondary N) is 1. The Kier molecular flexibility index (Phi) is 4.92. The molecule has 0 aliphatic heterocycles. The van der Waals surface area contributed by atoms with Crippen molar-refractivity contribution in [1.82, 2.24) is 19.3 Å². The van der Waals surface area contributed by atoms with Gasteiger partial charge in [-0.1, -0.05) is 20.8 Å². The van der Waals surface area contributed by atoms with E-state index in [1.165, 1.54) is 11.6 Å². The van der Waals surface area contributed by atoms with Gasteiger partial charge in [-0.25, -0.2) is 0 Å². The van der Waals surface area contributed by atoms with Gasteiger partial charge in [0.2, 0.25) is 0 Å². The summed E-state index contributed by atoms with van der Waals surface area (Å²) in [7, 11) is 0. The summed E-state index contributed by atoms with van der Waals surface area (Å²) in [5.74, 6) is 0.624. The van der Waals surface area contributed by atoms with Gasteiger partial charge in [-0.2, -0.15) is 5.10 Å². The number of hydrogen-bond donors (Lipinski definition) is 3. The average molecular weight is 409 g/mol. The van der Waals surface area contributed by atoms with Gasteiger partial charge in [0.1, 0.15) is 11.5 Å². The molecular weight excluding hydrogens is 384 g/mol. The van der Waals surface area contributed by atoms with E-state index < -0.39 is 0 Å². The summed E-state index contributed by atoms with van der Waals surface area (Å²) in [4.78, 5) is 0. The number of nitrogens with zero attached hydrogens (tertiary/aromatic N) is 3. The highest BCUT2D eigenvalue weighted by molar-refractivity contribution is 7.71. The second-order valence-corrected chi connectivity index (χ2v) is 7.91. The van der Waals surface area contributed by atoms with Crippen molar-refractivity contribution in [2.24, 2.45) is 0 Å². The molecule has 0 unspecified atom stereocenters. The van der Waals surface area contributed by atoms with Crippen molar-refractivity contribution in [1.29, 1.82) is 0 Å². The van der Waals surface area contributed by atoms with Crippen LogP contribution in [-0.2, 0) is 6.54 Å². The van der Waals surface area contributed by atoms with E-state index in [0.717, 1.165) is 29.6 Å². The third-order valence-corrected chi connectivity index (χ3v) is 5.43. The Morgan fingerprint density at radius 2 is 1.90 bits per heavy atom. The quantitative estimate of drug-likeness (QED) is 0.381. The van der Waals surface area contributed by atoms with Crippen molar-refractivity contribution in [2.75, 3.05) is 0 Å². The van der Waals surface area contributed by atoms with Gasteiger partial charge in [0, 0.05) is 29.7 Å². The summed E-state index contributed by atoms with van der Waals surface area (Å²) in [6, 6.07) is 11.4. The summed E-state index contributed by atoms with van der Waals surface area (Å²) in [6.45, 7) is 7.11. The molecule has 29 heavy (non-hydrogen) atoms. The molecular formula is C22H24N4O2S. The van der Waals surface area contributed by atoms with Crippen LogP contribution in [0.15, 0.2) is 42.6 Å². The number of fused-ring (bicyclic) bond motifs is 1. The Labute approximate surface area is 174 Å². The van der Waals surface area contributed by atoms with Crippen LogP contribution >= 0.6 is 12.2 Å². The number of aromatic amines is 1. The summed E-state index contributed by atoms with van der Waals surface area (Å²) >= 11 is 5.49. The van der Waals surface area contributed by atoms with E-state index in [1.54, 1.807) is 6.07 Å². The average Bonchev–Trinajstić information content (AvgIpc) is 3.25. The lowest BCUT2D eigenvalue weighted by atomic mass is 9.98. The van der Waals surface area contributed by atoms with Gasteiger partial charge in [-0.3, -0.25) is 9.67 Å². The molecule has 2 heterocycles. The molecule has 4 rings (SSSR count). The molecule has 6 nitrogen and oxygen atoms in total. The van der Waals surface area contributed by atoms with Gasteiger partial charge in [-0.05, 0) is 60.5 Å². The van der Waals surface area contributed by atoms with E-state index >= 15 is 0 Å². The minimum absolute atomic E-state index is 0.0441. The molecule has 2 aromatic carbocycles. The molecule has 0 fully saturated rings. The number of aromatic hydroxyl groups is 2. The highest BCUT2D eigenvalue weighted by Crippen LogP contribution is 2.38. The minimum Gasteiger partial charge on any atom is -0.508 e. The summed E-state index contributed by atoms with van der Waals surface area (Å²) in [5.41, 5.74) is 3.29. The lowest BCUT2D eigenvalue weighted by Gasteiger charge is -2.13. The summed E-state index contributed by atoms with van der Waals surface area (Å²) in [5, 5.41) is 29.0. The zero-order valence-electron chi connectivity index (χ0n) is 16.7. The molecule has 0 atom stereocenters. The topological polar surface area (TPSA) is 79.0 Å². The van der Waals surface area contributed by atoms with E-state index in [9.17, 15) is 10.2 Å². The van der Waals surface area contributed by atoms with E-state index in [4.69, 9.17) is 12.2 Å². The van der Waals surface area contributed by atoms with Gasteiger partial charge in [0.05, 0.1) is 11.3 Å². The number of benzene rings is 2. The number of phenolic OH excluding ortho intramolecular Hbond substituents is 2. The Morgan fingerprint density at radius 3 is 2.62 bits per heavy atom. The standard InChI is InChI=1S/C22H24N4O2S/c1-4-8-25-9-7-14-10-15(5-6-18(14)25)26-21(23-24-22(26)29)17-11-16(13(2)3)19(27)12-20(17)28/h5-7,9-13,27-28H,4,8H2,1-3H3,(H,24,29). The Balaban J connectivity index is 1.89. The largest absolute Gasteiger partial charge is 0.508 e. The van der Waals surface area contributed by atoms with Gasteiger partial charge in [0.25, 0.3) is 0 Å². The van der Waals surface area contributed by atoms with Gasteiger partial charge in [-0.15, -0.1) is 0 Å². The van der Waals surface area contributed by atoms with Crippen molar-refractivity contribution in [3.05, 3.63) is 52.9 Å². The SMILES string of the molecule is CCCn1ccc2cc(-n3c(-c4cc(C(C)C)c(O)cc4O)n[nH]c3=S)ccc21. The normalized spacial score (nSPS) is 11.6. The highest BCUT2D eigenvalue weighted by atomic mass is 32.1. The number of aromatic nitrogens is 4. The van der Waals surface area contributed by atoms with Crippen LogP contribution in [0.4, 0.5) is 0 Å². The molecule has 3 N–H and O–H groups in total. The minimum atomic E-state index is -0.0441. The number of H-pyrrole nitrogens is 1. The molecule has 0 amide bonds. The second kappa shape index (κ2) is 7.40. The Bertz CT molecular complexity index is 1250. The van der Waals surface area contributed by atoms with Crippen molar-refractivity contribution < 1.29 is 10.2 Å². The van der Waals surface area contributed by atoms with E-state index in [-0.39, 0.29) is 17.4 Å². The number of hydrogen-bond acceptors (Lipinski definition) is 4. The second-order valence-electron chi connectivity index (χ2n) is 7.52. The first-order chi connectivity index (χ1) is 13.9. The lowest BCUT2D eigenvalue weighted by Crippen LogP contribution is -2.00. The molecule has 0 bridgehead atoms. The number of rotatable bonds is 5. The predicted molar refractivity (Wildman–Crippen MR) is 117 cm³/mol. The molecule has 7 heteroatoms. The van der Waals surface area contributed by atoms with E-state index in [1.807, 2.05) is 24.5 Å². The maximum atomic E-state index is 10.5. The van der Waals surface area contributed by atoms with Crippen LogP contribution in [0.25, 0.3) is 28.0 Å². The fraction of sp³-hybridized carbons (Fsp3) is 0.273. The first-order valence-electron chi connectivity index (χ1n) is 9.73.